The van der Waals surface area contributed by atoms with Crippen LogP contribution in [0.15, 0.2) is 42.6 Å². The summed E-state index contributed by atoms with van der Waals surface area (Å²) in [6, 6.07) is 11.2. The second-order valence-corrected chi connectivity index (χ2v) is 7.86. The topological polar surface area (TPSA) is 91.6 Å². The summed E-state index contributed by atoms with van der Waals surface area (Å²) in [6.45, 7) is 4.53. The monoisotopic (exact) mass is 411 g/mol. The molecule has 0 bridgehead atoms. The first-order valence-electron chi connectivity index (χ1n) is 10.4. The molecule has 7 heteroatoms. The van der Waals surface area contributed by atoms with Crippen molar-refractivity contribution in [3.05, 3.63) is 53.9 Å². The predicted octanol–water partition coefficient (Wildman–Crippen LogP) is 3.22. The molecular weight excluding hydrogens is 382 g/mol. The van der Waals surface area contributed by atoms with E-state index in [0.29, 0.717) is 37.9 Å². The van der Waals surface area contributed by atoms with Gasteiger partial charge in [-0.25, -0.2) is 0 Å². The van der Waals surface area contributed by atoms with Gasteiger partial charge in [0.15, 0.2) is 0 Å². The minimum Gasteiger partial charge on any atom is -0.481 e. The van der Waals surface area contributed by atoms with Crippen LogP contribution in [0.2, 0.25) is 0 Å². The van der Waals surface area contributed by atoms with Crippen LogP contribution in [-0.4, -0.2) is 40.0 Å². The lowest BCUT2D eigenvalue weighted by Gasteiger charge is -2.27. The molecule has 160 valence electrons. The maximum atomic E-state index is 12.9. The van der Waals surface area contributed by atoms with Gasteiger partial charge in [-0.2, -0.15) is 0 Å². The van der Waals surface area contributed by atoms with Crippen molar-refractivity contribution in [1.82, 2.24) is 9.88 Å². The molecule has 0 atom stereocenters. The Kier molecular flexibility index (Phi) is 6.92. The number of nitrogens with zero attached hydrogens (tertiary/aromatic N) is 2. The first-order valence-corrected chi connectivity index (χ1v) is 10.4. The number of aliphatic carboxylic acids is 1. The van der Waals surface area contributed by atoms with E-state index in [-0.39, 0.29) is 30.3 Å². The third kappa shape index (κ3) is 5.09. The second kappa shape index (κ2) is 9.61. The smallest absolute Gasteiger partial charge is 0.306 e. The lowest BCUT2D eigenvalue weighted by Crippen LogP contribution is -2.40. The van der Waals surface area contributed by atoms with E-state index >= 15 is 0 Å². The Balaban J connectivity index is 1.64. The number of anilines is 1. The first-order chi connectivity index (χ1) is 14.4. The van der Waals surface area contributed by atoms with E-state index in [9.17, 15) is 14.4 Å². The van der Waals surface area contributed by atoms with Crippen LogP contribution in [0.4, 0.5) is 5.69 Å². The highest BCUT2D eigenvalue weighted by atomic mass is 16.4. The van der Waals surface area contributed by atoms with Gasteiger partial charge in [0, 0.05) is 24.5 Å². The molecule has 0 radical (unpaired) electrons. The van der Waals surface area contributed by atoms with Crippen LogP contribution in [0.3, 0.4) is 0 Å². The van der Waals surface area contributed by atoms with Gasteiger partial charge in [-0.3, -0.25) is 14.4 Å². The van der Waals surface area contributed by atoms with Crippen molar-refractivity contribution >= 4 is 23.5 Å². The number of rotatable bonds is 7. The number of carbonyl (C=O) groups is 3. The normalized spacial score (nSPS) is 18.6. The molecule has 1 aromatic heterocycles. The molecular formula is C23H29N3O4. The van der Waals surface area contributed by atoms with Gasteiger partial charge in [-0.15, -0.1) is 0 Å². The predicted molar refractivity (Wildman–Crippen MR) is 114 cm³/mol. The summed E-state index contributed by atoms with van der Waals surface area (Å²) < 4.78 is 1.67. The van der Waals surface area contributed by atoms with Gasteiger partial charge < -0.3 is 19.9 Å². The van der Waals surface area contributed by atoms with Gasteiger partial charge in [0.1, 0.15) is 12.2 Å². The molecule has 1 heterocycles. The van der Waals surface area contributed by atoms with Gasteiger partial charge in [0.05, 0.1) is 5.92 Å². The van der Waals surface area contributed by atoms with E-state index in [1.165, 1.54) is 0 Å². The molecule has 30 heavy (non-hydrogen) atoms. The molecule has 0 spiro atoms. The Hall–Kier alpha value is -3.09. The van der Waals surface area contributed by atoms with E-state index in [0.717, 1.165) is 11.3 Å². The molecule has 0 aliphatic heterocycles. The molecule has 2 amide bonds. The van der Waals surface area contributed by atoms with Crippen molar-refractivity contribution in [3.8, 4) is 0 Å². The van der Waals surface area contributed by atoms with Crippen molar-refractivity contribution in [3.63, 3.8) is 0 Å². The van der Waals surface area contributed by atoms with Crippen molar-refractivity contribution in [2.24, 2.45) is 5.92 Å². The van der Waals surface area contributed by atoms with Crippen molar-refractivity contribution in [1.29, 1.82) is 0 Å². The Morgan fingerprint density at radius 2 is 1.87 bits per heavy atom. The standard InChI is InChI=1S/C23H29N3O4/c1-3-26(19-7-4-6-16(2)14-19)21(27)15-25-13-5-8-20(25)22(28)24-18-11-9-17(10-12-18)23(29)30/h4-8,13-14,17-18H,3,9-12,15H2,1-2H3,(H,24,28)(H,29,30)/t17-,18-. The number of hydrogen-bond acceptors (Lipinski definition) is 3. The van der Waals surface area contributed by atoms with Gasteiger partial charge in [-0.1, -0.05) is 12.1 Å². The Bertz CT molecular complexity index is 913. The minimum absolute atomic E-state index is 0.0356. The number of carboxylic acid groups (broad SMARTS) is 1. The van der Waals surface area contributed by atoms with Crippen LogP contribution in [0.5, 0.6) is 0 Å². The summed E-state index contributed by atoms with van der Waals surface area (Å²) in [7, 11) is 0. The summed E-state index contributed by atoms with van der Waals surface area (Å²) in [5, 5.41) is 12.1. The number of nitrogens with one attached hydrogen (secondary N) is 1. The number of amides is 2. The summed E-state index contributed by atoms with van der Waals surface area (Å²) >= 11 is 0. The zero-order chi connectivity index (χ0) is 21.7. The molecule has 0 saturated heterocycles. The Morgan fingerprint density at radius 1 is 1.13 bits per heavy atom. The number of likely N-dealkylation sites (N-methyl/N-ethyl adjacent to an activating group) is 1. The van der Waals surface area contributed by atoms with E-state index in [1.54, 1.807) is 27.8 Å². The number of carbonyl (C=O) groups excluding carboxylic acids is 2. The molecule has 7 nitrogen and oxygen atoms in total. The lowest BCUT2D eigenvalue weighted by atomic mass is 9.86. The minimum atomic E-state index is -0.763. The SMILES string of the molecule is CCN(C(=O)Cn1cccc1C(=O)N[C@H]1CC[C@H](C(=O)O)CC1)c1cccc(C)c1. The van der Waals surface area contributed by atoms with Crippen molar-refractivity contribution < 1.29 is 19.5 Å². The molecule has 1 aliphatic carbocycles. The molecule has 2 N–H and O–H groups in total. The molecule has 1 aromatic carbocycles. The zero-order valence-electron chi connectivity index (χ0n) is 17.5. The highest BCUT2D eigenvalue weighted by Gasteiger charge is 2.27. The number of hydrogen-bond donors (Lipinski definition) is 2. The Labute approximate surface area is 176 Å². The van der Waals surface area contributed by atoms with Crippen molar-refractivity contribution in [2.75, 3.05) is 11.4 Å². The quantitative estimate of drug-likeness (QED) is 0.732. The fourth-order valence-corrected chi connectivity index (χ4v) is 4.03. The number of carboxylic acids is 1. The second-order valence-electron chi connectivity index (χ2n) is 7.86. The first kappa shape index (κ1) is 21.6. The number of aromatic nitrogens is 1. The third-order valence-corrected chi connectivity index (χ3v) is 5.71. The van der Waals surface area contributed by atoms with E-state index in [2.05, 4.69) is 5.32 Å². The zero-order valence-corrected chi connectivity index (χ0v) is 17.5. The van der Waals surface area contributed by atoms with Gasteiger partial charge in [0.25, 0.3) is 5.91 Å². The largest absolute Gasteiger partial charge is 0.481 e. The Morgan fingerprint density at radius 3 is 2.50 bits per heavy atom. The van der Waals surface area contributed by atoms with Gasteiger partial charge in [0.2, 0.25) is 5.91 Å². The average molecular weight is 412 g/mol. The van der Waals surface area contributed by atoms with E-state index in [1.807, 2.05) is 38.1 Å². The van der Waals surface area contributed by atoms with Gasteiger partial charge >= 0.3 is 5.97 Å². The molecule has 2 aromatic rings. The van der Waals surface area contributed by atoms with Crippen LogP contribution < -0.4 is 10.2 Å². The van der Waals surface area contributed by atoms with Crippen LogP contribution in [-0.2, 0) is 16.1 Å². The highest BCUT2D eigenvalue weighted by Crippen LogP contribution is 2.24. The fourth-order valence-electron chi connectivity index (χ4n) is 4.03. The van der Waals surface area contributed by atoms with E-state index < -0.39 is 5.97 Å². The summed E-state index contributed by atoms with van der Waals surface area (Å²) in [5.41, 5.74) is 2.36. The maximum absolute atomic E-state index is 12.9. The van der Waals surface area contributed by atoms with Crippen molar-refractivity contribution in [2.45, 2.75) is 52.1 Å². The third-order valence-electron chi connectivity index (χ3n) is 5.71. The summed E-state index contributed by atoms with van der Waals surface area (Å²) in [4.78, 5) is 38.5. The lowest BCUT2D eigenvalue weighted by molar-refractivity contribution is -0.142. The molecule has 3 rings (SSSR count). The molecule has 0 unspecified atom stereocenters. The van der Waals surface area contributed by atoms with Crippen LogP contribution >= 0.6 is 0 Å². The average Bonchev–Trinajstić information content (AvgIpc) is 3.17. The van der Waals surface area contributed by atoms with Crippen LogP contribution in [0.25, 0.3) is 0 Å². The molecule has 1 aliphatic rings. The van der Waals surface area contributed by atoms with Gasteiger partial charge in [-0.05, 0) is 69.4 Å². The fraction of sp³-hybridized carbons (Fsp3) is 0.435. The number of benzene rings is 1. The van der Waals surface area contributed by atoms with E-state index in [4.69, 9.17) is 5.11 Å². The highest BCUT2D eigenvalue weighted by molar-refractivity contribution is 5.96. The summed E-state index contributed by atoms with van der Waals surface area (Å²) in [5.74, 6) is -1.40. The number of aryl methyl sites for hydroxylation is 1. The van der Waals surface area contributed by atoms with Crippen LogP contribution in [0.1, 0.15) is 48.7 Å². The maximum Gasteiger partial charge on any atom is 0.306 e. The van der Waals surface area contributed by atoms with Crippen LogP contribution in [0, 0.1) is 12.8 Å². The molecule has 1 saturated carbocycles. The summed E-state index contributed by atoms with van der Waals surface area (Å²) in [6.07, 6.45) is 4.18. The molecule has 1 fully saturated rings.